The molecule has 0 radical (unpaired) electrons. The molecule has 3 rings (SSSR count). The van der Waals surface area contributed by atoms with Gasteiger partial charge in [-0.15, -0.1) is 0 Å². The van der Waals surface area contributed by atoms with Crippen molar-refractivity contribution in [2.45, 2.75) is 44.6 Å². The number of benzene rings is 2. The van der Waals surface area contributed by atoms with E-state index in [1.165, 1.54) is 29.5 Å². The molecule has 1 atom stereocenters. The third kappa shape index (κ3) is 3.54. The van der Waals surface area contributed by atoms with E-state index >= 15 is 0 Å². The molecule has 21 heavy (non-hydrogen) atoms. The predicted molar refractivity (Wildman–Crippen MR) is 89.8 cm³/mol. The summed E-state index contributed by atoms with van der Waals surface area (Å²) in [4.78, 5) is 0. The highest BCUT2D eigenvalue weighted by Gasteiger charge is 2.30. The van der Waals surface area contributed by atoms with Crippen molar-refractivity contribution in [1.82, 2.24) is 5.32 Å². The lowest BCUT2D eigenvalue weighted by molar-refractivity contribution is 0.287. The summed E-state index contributed by atoms with van der Waals surface area (Å²) >= 11 is 0. The van der Waals surface area contributed by atoms with Crippen LogP contribution in [0.3, 0.4) is 0 Å². The van der Waals surface area contributed by atoms with Crippen LogP contribution in [0.15, 0.2) is 54.6 Å². The minimum Gasteiger partial charge on any atom is -0.313 e. The first-order valence-corrected chi connectivity index (χ1v) is 8.07. The van der Waals surface area contributed by atoms with E-state index < -0.39 is 0 Å². The summed E-state index contributed by atoms with van der Waals surface area (Å²) < 4.78 is 0. The molecule has 0 bridgehead atoms. The lowest BCUT2D eigenvalue weighted by Crippen LogP contribution is -2.41. The van der Waals surface area contributed by atoms with Gasteiger partial charge in [0.15, 0.2) is 0 Å². The molecule has 1 fully saturated rings. The highest BCUT2D eigenvalue weighted by atomic mass is 14.9. The van der Waals surface area contributed by atoms with Gasteiger partial charge in [0.1, 0.15) is 0 Å². The Kier molecular flexibility index (Phi) is 4.40. The maximum atomic E-state index is 3.73. The Balaban J connectivity index is 1.45. The van der Waals surface area contributed by atoms with Gasteiger partial charge in [-0.3, -0.25) is 0 Å². The molecule has 2 aromatic carbocycles. The van der Waals surface area contributed by atoms with Gasteiger partial charge in [0, 0.05) is 12.6 Å². The maximum Gasteiger partial charge on any atom is 0.00789 e. The van der Waals surface area contributed by atoms with Crippen molar-refractivity contribution in [1.29, 1.82) is 0 Å². The summed E-state index contributed by atoms with van der Waals surface area (Å²) in [5.74, 6) is 1.35. The first kappa shape index (κ1) is 14.3. The van der Waals surface area contributed by atoms with Crippen LogP contribution in [0.1, 0.15) is 48.3 Å². The molecular weight excluding hydrogens is 254 g/mol. The van der Waals surface area contributed by atoms with E-state index in [-0.39, 0.29) is 0 Å². The fourth-order valence-electron chi connectivity index (χ4n) is 3.22. The van der Waals surface area contributed by atoms with Crippen LogP contribution < -0.4 is 5.32 Å². The monoisotopic (exact) mass is 279 g/mol. The van der Waals surface area contributed by atoms with E-state index in [1.807, 2.05) is 0 Å². The van der Waals surface area contributed by atoms with Gasteiger partial charge < -0.3 is 5.32 Å². The molecule has 0 aromatic heterocycles. The average Bonchev–Trinajstić information content (AvgIpc) is 2.46. The van der Waals surface area contributed by atoms with Crippen LogP contribution in [0.5, 0.6) is 0 Å². The molecule has 0 amide bonds. The smallest absolute Gasteiger partial charge is 0.00789 e. The van der Waals surface area contributed by atoms with Crippen LogP contribution in [-0.4, -0.2) is 12.6 Å². The fraction of sp³-hybridized carbons (Fsp3) is 0.400. The van der Waals surface area contributed by atoms with E-state index in [4.69, 9.17) is 0 Å². The highest BCUT2D eigenvalue weighted by Crippen LogP contribution is 2.37. The minimum atomic E-state index is 0.587. The summed E-state index contributed by atoms with van der Waals surface area (Å²) in [6, 6.07) is 20.5. The Morgan fingerprint density at radius 2 is 1.81 bits per heavy atom. The molecule has 1 unspecified atom stereocenters. The first-order chi connectivity index (χ1) is 10.2. The van der Waals surface area contributed by atoms with Gasteiger partial charge in [0.2, 0.25) is 0 Å². The van der Waals surface area contributed by atoms with Gasteiger partial charge in [0.25, 0.3) is 0 Å². The second-order valence-electron chi connectivity index (χ2n) is 6.50. The molecule has 1 N–H and O–H groups in total. The first-order valence-electron chi connectivity index (χ1n) is 8.07. The normalized spacial score (nSPS) is 22.6. The molecule has 1 heteroatoms. The highest BCUT2D eigenvalue weighted by molar-refractivity contribution is 5.27. The van der Waals surface area contributed by atoms with Gasteiger partial charge in [-0.2, -0.15) is 0 Å². The summed E-state index contributed by atoms with van der Waals surface area (Å²) in [6.07, 6.45) is 2.57. The summed E-state index contributed by atoms with van der Waals surface area (Å²) in [5.41, 5.74) is 4.32. The topological polar surface area (TPSA) is 12.0 Å². The molecule has 1 saturated carbocycles. The van der Waals surface area contributed by atoms with E-state index in [2.05, 4.69) is 73.8 Å². The lowest BCUT2D eigenvalue weighted by atomic mass is 9.75. The van der Waals surface area contributed by atoms with Crippen molar-refractivity contribution in [2.24, 2.45) is 0 Å². The number of hydrogen-bond acceptors (Lipinski definition) is 1. The summed E-state index contributed by atoms with van der Waals surface area (Å²) in [6.45, 7) is 5.56. The quantitative estimate of drug-likeness (QED) is 0.841. The Bertz CT molecular complexity index is 569. The lowest BCUT2D eigenvalue weighted by Gasteiger charge is -2.37. The molecule has 2 aromatic rings. The van der Waals surface area contributed by atoms with E-state index in [1.54, 1.807) is 0 Å². The van der Waals surface area contributed by atoms with E-state index in [0.29, 0.717) is 12.0 Å². The predicted octanol–water partition coefficient (Wildman–Crippen LogP) is 4.63. The van der Waals surface area contributed by atoms with Crippen LogP contribution in [0.25, 0.3) is 0 Å². The molecule has 0 spiro atoms. The van der Waals surface area contributed by atoms with Crippen LogP contribution in [0, 0.1) is 6.92 Å². The Hall–Kier alpha value is -1.60. The van der Waals surface area contributed by atoms with Crippen LogP contribution in [0.2, 0.25) is 0 Å². The van der Waals surface area contributed by atoms with Crippen molar-refractivity contribution in [3.05, 3.63) is 71.3 Å². The molecule has 0 saturated heterocycles. The number of rotatable bonds is 5. The van der Waals surface area contributed by atoms with Crippen molar-refractivity contribution in [3.8, 4) is 0 Å². The number of aryl methyl sites for hydroxylation is 1. The Morgan fingerprint density at radius 3 is 2.52 bits per heavy atom. The third-order valence-corrected chi connectivity index (χ3v) is 4.73. The van der Waals surface area contributed by atoms with Crippen molar-refractivity contribution in [3.63, 3.8) is 0 Å². The SMILES string of the molecule is Cc1cccc(C2CC(NCC(C)c3ccccc3)C2)c1. The van der Waals surface area contributed by atoms with E-state index in [9.17, 15) is 0 Å². The molecule has 110 valence electrons. The fourth-order valence-corrected chi connectivity index (χ4v) is 3.22. The van der Waals surface area contributed by atoms with E-state index in [0.717, 1.165) is 12.5 Å². The van der Waals surface area contributed by atoms with Gasteiger partial charge in [0.05, 0.1) is 0 Å². The average molecular weight is 279 g/mol. The third-order valence-electron chi connectivity index (χ3n) is 4.73. The van der Waals surface area contributed by atoms with Crippen molar-refractivity contribution < 1.29 is 0 Å². The Labute approximate surface area is 128 Å². The van der Waals surface area contributed by atoms with Gasteiger partial charge in [-0.25, -0.2) is 0 Å². The maximum absolute atomic E-state index is 3.73. The molecule has 1 nitrogen and oxygen atoms in total. The zero-order chi connectivity index (χ0) is 14.7. The molecule has 0 aliphatic heterocycles. The van der Waals surface area contributed by atoms with Crippen molar-refractivity contribution in [2.75, 3.05) is 6.54 Å². The largest absolute Gasteiger partial charge is 0.313 e. The zero-order valence-corrected chi connectivity index (χ0v) is 13.0. The Morgan fingerprint density at radius 1 is 1.05 bits per heavy atom. The zero-order valence-electron chi connectivity index (χ0n) is 13.0. The second kappa shape index (κ2) is 6.44. The molecule has 1 aliphatic carbocycles. The van der Waals surface area contributed by atoms with Crippen LogP contribution in [0.4, 0.5) is 0 Å². The summed E-state index contributed by atoms with van der Waals surface area (Å²) in [7, 11) is 0. The summed E-state index contributed by atoms with van der Waals surface area (Å²) in [5, 5.41) is 3.73. The van der Waals surface area contributed by atoms with Gasteiger partial charge in [-0.1, -0.05) is 67.1 Å². The van der Waals surface area contributed by atoms with Crippen LogP contribution in [-0.2, 0) is 0 Å². The number of hydrogen-bond donors (Lipinski definition) is 1. The van der Waals surface area contributed by atoms with Gasteiger partial charge >= 0.3 is 0 Å². The van der Waals surface area contributed by atoms with Crippen LogP contribution >= 0.6 is 0 Å². The molecular formula is C20H25N. The molecule has 0 heterocycles. The number of nitrogens with one attached hydrogen (secondary N) is 1. The van der Waals surface area contributed by atoms with Gasteiger partial charge in [-0.05, 0) is 42.7 Å². The standard InChI is InChI=1S/C20H25N/c1-15-7-6-10-18(11-15)19-12-20(13-19)21-14-16(2)17-8-4-3-5-9-17/h3-11,16,19-21H,12-14H2,1-2H3. The second-order valence-corrected chi connectivity index (χ2v) is 6.50. The molecule has 1 aliphatic rings. The van der Waals surface area contributed by atoms with Crippen molar-refractivity contribution >= 4 is 0 Å². The minimum absolute atomic E-state index is 0.587.